The SMILES string of the molecule is COc1ccc2ccccc2c1C1Nc2c(C(=O)N(C)C)cccc2C2C=CCC21. The standard InChI is InChI=1S/C26H26N2O2/c1-28(2)26(29)21-13-7-11-19-18-10-6-12-20(18)25(27-24(19)21)23-17-9-5-4-8-16(17)14-15-22(23)30-3/h4-11,13-15,18,20,25,27H,12H2,1-3H3. The lowest BCUT2D eigenvalue weighted by atomic mass is 9.75. The number of ether oxygens (including phenoxy) is 1. The molecule has 0 fully saturated rings. The highest BCUT2D eigenvalue weighted by molar-refractivity contribution is 6.01. The molecular weight excluding hydrogens is 372 g/mol. The molecule has 4 heteroatoms. The zero-order valence-corrected chi connectivity index (χ0v) is 17.6. The third-order valence-electron chi connectivity index (χ3n) is 6.49. The van der Waals surface area contributed by atoms with E-state index >= 15 is 0 Å². The van der Waals surface area contributed by atoms with E-state index in [9.17, 15) is 4.79 Å². The molecule has 0 aromatic heterocycles. The first kappa shape index (κ1) is 18.7. The molecule has 0 spiro atoms. The molecule has 0 saturated carbocycles. The van der Waals surface area contributed by atoms with E-state index in [-0.39, 0.29) is 17.9 Å². The topological polar surface area (TPSA) is 41.6 Å². The maximum absolute atomic E-state index is 12.9. The highest BCUT2D eigenvalue weighted by Gasteiger charge is 2.41. The van der Waals surface area contributed by atoms with Gasteiger partial charge in [0.1, 0.15) is 5.75 Å². The Hall–Kier alpha value is -3.27. The van der Waals surface area contributed by atoms with Crippen molar-refractivity contribution in [2.75, 3.05) is 26.5 Å². The number of anilines is 1. The fraction of sp³-hybridized carbons (Fsp3) is 0.269. The number of nitrogens with one attached hydrogen (secondary N) is 1. The number of nitrogens with zero attached hydrogens (tertiary/aromatic N) is 1. The van der Waals surface area contributed by atoms with Gasteiger partial charge in [0.05, 0.1) is 24.4 Å². The van der Waals surface area contributed by atoms with E-state index in [1.807, 2.05) is 12.1 Å². The minimum atomic E-state index is 0.0170. The normalized spacial score (nSPS) is 21.6. The molecule has 30 heavy (non-hydrogen) atoms. The summed E-state index contributed by atoms with van der Waals surface area (Å²) in [6.45, 7) is 0. The quantitative estimate of drug-likeness (QED) is 0.603. The predicted molar refractivity (Wildman–Crippen MR) is 121 cm³/mol. The minimum absolute atomic E-state index is 0.0170. The number of benzene rings is 3. The zero-order chi connectivity index (χ0) is 20.8. The Balaban J connectivity index is 1.72. The molecule has 3 aromatic carbocycles. The van der Waals surface area contributed by atoms with Crippen LogP contribution in [0.3, 0.4) is 0 Å². The van der Waals surface area contributed by atoms with Gasteiger partial charge in [-0.1, -0.05) is 54.6 Å². The Morgan fingerprint density at radius 1 is 1.07 bits per heavy atom. The largest absolute Gasteiger partial charge is 0.496 e. The van der Waals surface area contributed by atoms with E-state index in [0.29, 0.717) is 5.92 Å². The van der Waals surface area contributed by atoms with Crippen molar-refractivity contribution in [1.82, 2.24) is 4.90 Å². The molecular formula is C26H26N2O2. The van der Waals surface area contributed by atoms with Crippen LogP contribution < -0.4 is 10.1 Å². The summed E-state index contributed by atoms with van der Waals surface area (Å²) in [7, 11) is 5.33. The molecule has 2 aliphatic rings. The van der Waals surface area contributed by atoms with Gasteiger partial charge in [-0.2, -0.15) is 0 Å². The molecule has 152 valence electrons. The Morgan fingerprint density at radius 3 is 2.70 bits per heavy atom. The average Bonchev–Trinajstić information content (AvgIpc) is 3.27. The highest BCUT2D eigenvalue weighted by atomic mass is 16.5. The van der Waals surface area contributed by atoms with Gasteiger partial charge in [-0.25, -0.2) is 0 Å². The fourth-order valence-electron chi connectivity index (χ4n) is 5.10. The molecule has 0 radical (unpaired) electrons. The first-order valence-corrected chi connectivity index (χ1v) is 10.4. The second-order valence-corrected chi connectivity index (χ2v) is 8.35. The van der Waals surface area contributed by atoms with Crippen LogP contribution in [-0.2, 0) is 0 Å². The lowest BCUT2D eigenvalue weighted by Crippen LogP contribution is -2.32. The molecule has 1 aliphatic heterocycles. The number of rotatable bonds is 3. The van der Waals surface area contributed by atoms with E-state index in [4.69, 9.17) is 4.74 Å². The number of hydrogen-bond acceptors (Lipinski definition) is 3. The number of carbonyl (C=O) groups excluding carboxylic acids is 1. The van der Waals surface area contributed by atoms with Crippen LogP contribution in [0.1, 0.15) is 39.9 Å². The van der Waals surface area contributed by atoms with E-state index in [1.165, 1.54) is 21.9 Å². The van der Waals surface area contributed by atoms with Crippen molar-refractivity contribution >= 4 is 22.4 Å². The van der Waals surface area contributed by atoms with Crippen molar-refractivity contribution in [3.05, 3.63) is 83.4 Å². The third-order valence-corrected chi connectivity index (χ3v) is 6.49. The van der Waals surface area contributed by atoms with Crippen LogP contribution in [0.4, 0.5) is 5.69 Å². The van der Waals surface area contributed by atoms with Gasteiger partial charge in [0.25, 0.3) is 5.91 Å². The summed E-state index contributed by atoms with van der Waals surface area (Å²) in [4.78, 5) is 14.6. The van der Waals surface area contributed by atoms with E-state index in [0.717, 1.165) is 23.4 Å². The molecule has 1 amide bonds. The summed E-state index contributed by atoms with van der Waals surface area (Å²) in [6, 6.07) is 18.7. The molecule has 3 unspecified atom stereocenters. The van der Waals surface area contributed by atoms with Gasteiger partial charge < -0.3 is 15.0 Å². The minimum Gasteiger partial charge on any atom is -0.496 e. The monoisotopic (exact) mass is 398 g/mol. The van der Waals surface area contributed by atoms with Gasteiger partial charge >= 0.3 is 0 Å². The summed E-state index contributed by atoms with van der Waals surface area (Å²) in [5.41, 5.74) is 4.05. The summed E-state index contributed by atoms with van der Waals surface area (Å²) >= 11 is 0. The molecule has 3 aromatic rings. The molecule has 0 saturated heterocycles. The first-order chi connectivity index (χ1) is 14.6. The number of carbonyl (C=O) groups is 1. The molecule has 1 aliphatic carbocycles. The van der Waals surface area contributed by atoms with Crippen LogP contribution >= 0.6 is 0 Å². The molecule has 3 atom stereocenters. The lowest BCUT2D eigenvalue weighted by Gasteiger charge is -2.39. The molecule has 1 heterocycles. The third kappa shape index (κ3) is 2.78. The van der Waals surface area contributed by atoms with Gasteiger partial charge in [-0.3, -0.25) is 4.79 Å². The first-order valence-electron chi connectivity index (χ1n) is 10.4. The summed E-state index contributed by atoms with van der Waals surface area (Å²) in [5, 5.41) is 6.18. The molecule has 5 rings (SSSR count). The molecule has 0 bridgehead atoms. The maximum Gasteiger partial charge on any atom is 0.255 e. The number of hydrogen-bond donors (Lipinski definition) is 1. The van der Waals surface area contributed by atoms with E-state index in [1.54, 1.807) is 26.1 Å². The van der Waals surface area contributed by atoms with Crippen LogP contribution in [0.5, 0.6) is 5.75 Å². The van der Waals surface area contributed by atoms with Crippen molar-refractivity contribution in [2.45, 2.75) is 18.4 Å². The number of fused-ring (bicyclic) bond motifs is 4. The molecule has 4 nitrogen and oxygen atoms in total. The van der Waals surface area contributed by atoms with Crippen molar-refractivity contribution < 1.29 is 9.53 Å². The van der Waals surface area contributed by atoms with Crippen molar-refractivity contribution in [3.8, 4) is 5.75 Å². The van der Waals surface area contributed by atoms with Crippen LogP contribution in [-0.4, -0.2) is 32.0 Å². The highest BCUT2D eigenvalue weighted by Crippen LogP contribution is 2.53. The van der Waals surface area contributed by atoms with Gasteiger partial charge in [0, 0.05) is 25.6 Å². The summed E-state index contributed by atoms with van der Waals surface area (Å²) in [5.74, 6) is 1.56. The van der Waals surface area contributed by atoms with Crippen LogP contribution in [0.25, 0.3) is 10.8 Å². The Labute approximate surface area is 177 Å². The average molecular weight is 399 g/mol. The number of amides is 1. The number of methoxy groups -OCH3 is 1. The Bertz CT molecular complexity index is 1160. The second kappa shape index (κ2) is 7.21. The van der Waals surface area contributed by atoms with E-state index < -0.39 is 0 Å². The predicted octanol–water partition coefficient (Wildman–Crippen LogP) is 5.38. The second-order valence-electron chi connectivity index (χ2n) is 8.35. The summed E-state index contributed by atoms with van der Waals surface area (Å²) in [6.07, 6.45) is 5.58. The maximum atomic E-state index is 12.9. The number of para-hydroxylation sites is 1. The van der Waals surface area contributed by atoms with Crippen LogP contribution in [0, 0.1) is 5.92 Å². The van der Waals surface area contributed by atoms with Crippen LogP contribution in [0.15, 0.2) is 66.7 Å². The van der Waals surface area contributed by atoms with Gasteiger partial charge in [0.2, 0.25) is 0 Å². The molecule has 1 N–H and O–H groups in total. The lowest BCUT2D eigenvalue weighted by molar-refractivity contribution is 0.0828. The van der Waals surface area contributed by atoms with Gasteiger partial charge in [-0.05, 0) is 40.8 Å². The number of allylic oxidation sites excluding steroid dienone is 2. The van der Waals surface area contributed by atoms with Gasteiger partial charge in [0.15, 0.2) is 0 Å². The smallest absolute Gasteiger partial charge is 0.255 e. The Morgan fingerprint density at radius 2 is 1.90 bits per heavy atom. The zero-order valence-electron chi connectivity index (χ0n) is 17.6. The van der Waals surface area contributed by atoms with E-state index in [2.05, 4.69) is 59.9 Å². The van der Waals surface area contributed by atoms with Crippen molar-refractivity contribution in [2.24, 2.45) is 5.92 Å². The van der Waals surface area contributed by atoms with Crippen molar-refractivity contribution in [3.63, 3.8) is 0 Å². The van der Waals surface area contributed by atoms with Crippen molar-refractivity contribution in [1.29, 1.82) is 0 Å². The Kier molecular flexibility index (Phi) is 4.50. The van der Waals surface area contributed by atoms with Crippen LogP contribution in [0.2, 0.25) is 0 Å². The fourth-order valence-corrected chi connectivity index (χ4v) is 5.10. The summed E-state index contributed by atoms with van der Waals surface area (Å²) < 4.78 is 5.82. The van der Waals surface area contributed by atoms with Gasteiger partial charge in [-0.15, -0.1) is 0 Å².